The summed E-state index contributed by atoms with van der Waals surface area (Å²) < 4.78 is 10.7. The lowest BCUT2D eigenvalue weighted by molar-refractivity contribution is 0.0948. The molecule has 2 rings (SSSR count). The van der Waals surface area contributed by atoms with Gasteiger partial charge < -0.3 is 14.6 Å². The zero-order valence-corrected chi connectivity index (χ0v) is 11.9. The third kappa shape index (κ3) is 2.86. The van der Waals surface area contributed by atoms with Gasteiger partial charge >= 0.3 is 0 Å². The van der Waals surface area contributed by atoms with Crippen molar-refractivity contribution in [3.63, 3.8) is 0 Å². The number of methoxy groups -OCH3 is 2. The van der Waals surface area contributed by atoms with E-state index in [-0.39, 0.29) is 0 Å². The summed E-state index contributed by atoms with van der Waals surface area (Å²) in [6, 6.07) is 3.67. The van der Waals surface area contributed by atoms with Crippen LogP contribution >= 0.6 is 11.6 Å². The molecule has 0 spiro atoms. The van der Waals surface area contributed by atoms with Crippen molar-refractivity contribution in [3.8, 4) is 11.5 Å². The number of aliphatic hydroxyl groups is 1. The molecule has 0 radical (unpaired) electrons. The number of benzene rings is 1. The predicted octanol–water partition coefficient (Wildman–Crippen LogP) is 2.31. The van der Waals surface area contributed by atoms with Gasteiger partial charge in [0.25, 0.3) is 0 Å². The number of nitrogens with zero attached hydrogens (tertiary/aromatic N) is 1. The first kappa shape index (κ1) is 14.2. The summed E-state index contributed by atoms with van der Waals surface area (Å²) in [6.07, 6.45) is -0.621. The van der Waals surface area contributed by atoms with Gasteiger partial charge in [-0.1, -0.05) is 18.2 Å². The highest BCUT2D eigenvalue weighted by atomic mass is 35.5. The minimum atomic E-state index is -0.621. The molecule has 19 heavy (non-hydrogen) atoms. The van der Waals surface area contributed by atoms with Crippen LogP contribution in [-0.2, 0) is 6.54 Å². The Labute approximate surface area is 118 Å². The number of hydrogen-bond acceptors (Lipinski definition) is 4. The zero-order valence-electron chi connectivity index (χ0n) is 11.1. The Morgan fingerprint density at radius 3 is 2.63 bits per heavy atom. The lowest BCUT2D eigenvalue weighted by Crippen LogP contribution is -2.34. The molecular weight excluding hydrogens is 266 g/mol. The maximum Gasteiger partial charge on any atom is 0.125 e. The van der Waals surface area contributed by atoms with E-state index in [1.165, 1.54) is 0 Å². The lowest BCUT2D eigenvalue weighted by atomic mass is 9.95. The Balaban J connectivity index is 2.41. The van der Waals surface area contributed by atoms with Gasteiger partial charge in [-0.25, -0.2) is 0 Å². The summed E-state index contributed by atoms with van der Waals surface area (Å²) in [5.74, 6) is 1.44. The van der Waals surface area contributed by atoms with Crippen molar-refractivity contribution < 1.29 is 14.6 Å². The monoisotopic (exact) mass is 283 g/mol. The van der Waals surface area contributed by atoms with Crippen molar-refractivity contribution in [2.24, 2.45) is 0 Å². The van der Waals surface area contributed by atoms with Crippen LogP contribution in [0.15, 0.2) is 23.7 Å². The van der Waals surface area contributed by atoms with Crippen LogP contribution in [0.3, 0.4) is 0 Å². The van der Waals surface area contributed by atoms with Crippen molar-refractivity contribution in [2.45, 2.75) is 12.6 Å². The first-order chi connectivity index (χ1) is 9.06. The van der Waals surface area contributed by atoms with Gasteiger partial charge in [0.2, 0.25) is 0 Å². The quantitative estimate of drug-likeness (QED) is 0.921. The number of β-amino-alcohol motifs (C(OH)–C–C–N with tert-alkyl or cyclic N) is 1. The zero-order chi connectivity index (χ0) is 14.0. The van der Waals surface area contributed by atoms with Crippen LogP contribution in [-0.4, -0.2) is 37.3 Å². The van der Waals surface area contributed by atoms with Crippen molar-refractivity contribution in [2.75, 3.05) is 27.3 Å². The Morgan fingerprint density at radius 2 is 2.05 bits per heavy atom. The molecule has 1 aliphatic rings. The molecule has 1 aliphatic heterocycles. The van der Waals surface area contributed by atoms with E-state index < -0.39 is 6.10 Å². The molecule has 1 unspecified atom stereocenters. The number of hydrogen-bond donors (Lipinski definition) is 1. The van der Waals surface area contributed by atoms with Gasteiger partial charge in [-0.15, -0.1) is 0 Å². The molecule has 5 heteroatoms. The summed E-state index contributed by atoms with van der Waals surface area (Å²) in [5, 5.41) is 10.9. The van der Waals surface area contributed by atoms with Crippen LogP contribution < -0.4 is 9.47 Å². The molecule has 1 aromatic rings. The minimum absolute atomic E-state index is 0.502. The standard InChI is InChI=1S/C14H18ClNO3/c1-9(15)6-16-7-10-12(18-2)4-5-13(19-3)14(10)11(17)8-16/h4-5,11,17H,1,6-8H2,2-3H3. The molecule has 0 saturated heterocycles. The van der Waals surface area contributed by atoms with Crippen LogP contribution in [0, 0.1) is 0 Å². The molecule has 1 aromatic carbocycles. The number of fused-ring (bicyclic) bond motifs is 1. The maximum atomic E-state index is 10.3. The van der Waals surface area contributed by atoms with Gasteiger partial charge in [0.1, 0.15) is 11.5 Å². The second-order valence-corrected chi connectivity index (χ2v) is 5.10. The smallest absolute Gasteiger partial charge is 0.125 e. The molecule has 4 nitrogen and oxygen atoms in total. The fourth-order valence-corrected chi connectivity index (χ4v) is 2.68. The van der Waals surface area contributed by atoms with Crippen molar-refractivity contribution in [3.05, 3.63) is 34.9 Å². The summed E-state index contributed by atoms with van der Waals surface area (Å²) in [5.41, 5.74) is 1.75. The Kier molecular flexibility index (Phi) is 4.34. The van der Waals surface area contributed by atoms with Crippen LogP contribution in [0.25, 0.3) is 0 Å². The van der Waals surface area contributed by atoms with E-state index in [0.29, 0.717) is 30.4 Å². The van der Waals surface area contributed by atoms with Crippen molar-refractivity contribution in [1.29, 1.82) is 0 Å². The van der Waals surface area contributed by atoms with Crippen molar-refractivity contribution in [1.82, 2.24) is 4.90 Å². The highest BCUT2D eigenvalue weighted by Gasteiger charge is 2.29. The van der Waals surface area contributed by atoms with Gasteiger partial charge in [-0.3, -0.25) is 4.90 Å². The van der Waals surface area contributed by atoms with E-state index >= 15 is 0 Å². The molecule has 104 valence electrons. The van der Waals surface area contributed by atoms with E-state index in [4.69, 9.17) is 21.1 Å². The molecule has 1 atom stereocenters. The second kappa shape index (κ2) is 5.82. The predicted molar refractivity (Wildman–Crippen MR) is 74.8 cm³/mol. The minimum Gasteiger partial charge on any atom is -0.496 e. The van der Waals surface area contributed by atoms with E-state index in [1.54, 1.807) is 14.2 Å². The average Bonchev–Trinajstić information content (AvgIpc) is 2.36. The van der Waals surface area contributed by atoms with E-state index in [2.05, 4.69) is 6.58 Å². The molecular formula is C14H18ClNO3. The van der Waals surface area contributed by atoms with Gasteiger partial charge in [0.05, 0.1) is 20.3 Å². The highest BCUT2D eigenvalue weighted by Crippen LogP contribution is 2.39. The molecule has 0 amide bonds. The Morgan fingerprint density at radius 1 is 1.42 bits per heavy atom. The molecule has 0 saturated carbocycles. The van der Waals surface area contributed by atoms with E-state index in [1.807, 2.05) is 17.0 Å². The molecule has 0 aromatic heterocycles. The Hall–Kier alpha value is -1.23. The van der Waals surface area contributed by atoms with Crippen LogP contribution in [0.2, 0.25) is 0 Å². The summed E-state index contributed by atoms with van der Waals surface area (Å²) in [4.78, 5) is 2.03. The van der Waals surface area contributed by atoms with Crippen LogP contribution in [0.4, 0.5) is 0 Å². The van der Waals surface area contributed by atoms with E-state index in [9.17, 15) is 5.11 Å². The fraction of sp³-hybridized carbons (Fsp3) is 0.429. The van der Waals surface area contributed by atoms with Gasteiger partial charge in [0, 0.05) is 35.8 Å². The number of ether oxygens (including phenoxy) is 2. The molecule has 0 bridgehead atoms. The maximum absolute atomic E-state index is 10.3. The topological polar surface area (TPSA) is 41.9 Å². The first-order valence-electron chi connectivity index (χ1n) is 6.04. The number of aliphatic hydroxyl groups excluding tert-OH is 1. The van der Waals surface area contributed by atoms with E-state index in [0.717, 1.165) is 16.9 Å². The van der Waals surface area contributed by atoms with Gasteiger partial charge in [-0.2, -0.15) is 0 Å². The summed E-state index contributed by atoms with van der Waals surface area (Å²) in [7, 11) is 3.22. The van der Waals surface area contributed by atoms with Crippen LogP contribution in [0.1, 0.15) is 17.2 Å². The molecule has 1 heterocycles. The van der Waals surface area contributed by atoms with Crippen LogP contribution in [0.5, 0.6) is 11.5 Å². The fourth-order valence-electron chi connectivity index (χ4n) is 2.51. The summed E-state index contributed by atoms with van der Waals surface area (Å²) >= 11 is 5.84. The van der Waals surface area contributed by atoms with Crippen molar-refractivity contribution >= 4 is 11.6 Å². The van der Waals surface area contributed by atoms with Gasteiger partial charge in [-0.05, 0) is 12.1 Å². The molecule has 0 aliphatic carbocycles. The Bertz CT molecular complexity index is 490. The number of halogens is 1. The van der Waals surface area contributed by atoms with Gasteiger partial charge in [0.15, 0.2) is 0 Å². The largest absolute Gasteiger partial charge is 0.496 e. The third-order valence-electron chi connectivity index (χ3n) is 3.26. The number of rotatable bonds is 4. The summed E-state index contributed by atoms with van der Waals surface area (Å²) in [6.45, 7) is 5.39. The molecule has 1 N–H and O–H groups in total. The first-order valence-corrected chi connectivity index (χ1v) is 6.42. The average molecular weight is 284 g/mol. The highest BCUT2D eigenvalue weighted by molar-refractivity contribution is 6.29. The molecule has 0 fully saturated rings. The second-order valence-electron chi connectivity index (χ2n) is 4.56. The third-order valence-corrected chi connectivity index (χ3v) is 3.37. The lowest BCUT2D eigenvalue weighted by Gasteiger charge is -2.33. The normalized spacial score (nSPS) is 18.8. The SMILES string of the molecule is C=C(Cl)CN1Cc2c(OC)ccc(OC)c2C(O)C1.